The molecule has 0 saturated heterocycles. The van der Waals surface area contributed by atoms with Gasteiger partial charge in [0.1, 0.15) is 11.6 Å². The minimum Gasteiger partial charge on any atom is -0.362 e. The maximum absolute atomic E-state index is 13.7. The van der Waals surface area contributed by atoms with Crippen LogP contribution < -0.4 is 10.2 Å². The van der Waals surface area contributed by atoms with Crippen LogP contribution in [0.15, 0.2) is 36.5 Å². The van der Waals surface area contributed by atoms with Gasteiger partial charge in [-0.25, -0.2) is 9.37 Å². The average Bonchev–Trinajstić information content (AvgIpc) is 2.41. The molecular weight excluding hydrogens is 281 g/mol. The number of hydrogen-bond acceptors (Lipinski definition) is 3. The smallest absolute Gasteiger partial charge is 0.259 e. The summed E-state index contributed by atoms with van der Waals surface area (Å²) in [5.41, 5.74) is 0.444. The van der Waals surface area contributed by atoms with Crippen molar-refractivity contribution in [3.63, 3.8) is 0 Å². The molecule has 0 radical (unpaired) electrons. The summed E-state index contributed by atoms with van der Waals surface area (Å²) in [6.07, 6.45) is 1.59. The van der Waals surface area contributed by atoms with Gasteiger partial charge in [0.25, 0.3) is 5.91 Å². The standard InChI is InChI=1S/C14H13ClFN3O/c1-19(2)13-10(4-3-7-17-13)14(20)18-12-6-5-9(15)8-11(12)16/h3-8H,1-2H3,(H,18,20). The van der Waals surface area contributed by atoms with Crippen molar-refractivity contribution in [2.45, 2.75) is 0 Å². The van der Waals surface area contributed by atoms with Gasteiger partial charge in [0, 0.05) is 25.3 Å². The van der Waals surface area contributed by atoms with E-state index in [-0.39, 0.29) is 10.7 Å². The van der Waals surface area contributed by atoms with Crippen LogP contribution in [-0.2, 0) is 0 Å². The van der Waals surface area contributed by atoms with E-state index < -0.39 is 11.7 Å². The number of carbonyl (C=O) groups excluding carboxylic acids is 1. The molecule has 2 aromatic rings. The summed E-state index contributed by atoms with van der Waals surface area (Å²) in [5.74, 6) is -0.497. The van der Waals surface area contributed by atoms with Crippen molar-refractivity contribution >= 4 is 29.0 Å². The SMILES string of the molecule is CN(C)c1ncccc1C(=O)Nc1ccc(Cl)cc1F. The molecule has 0 aliphatic heterocycles. The van der Waals surface area contributed by atoms with E-state index in [2.05, 4.69) is 10.3 Å². The van der Waals surface area contributed by atoms with Gasteiger partial charge in [-0.3, -0.25) is 4.79 Å². The van der Waals surface area contributed by atoms with Gasteiger partial charge in [-0.2, -0.15) is 0 Å². The summed E-state index contributed by atoms with van der Waals surface area (Å²) in [6, 6.07) is 7.36. The third-order valence-electron chi connectivity index (χ3n) is 2.63. The molecule has 1 N–H and O–H groups in total. The van der Waals surface area contributed by atoms with E-state index in [9.17, 15) is 9.18 Å². The zero-order chi connectivity index (χ0) is 14.7. The van der Waals surface area contributed by atoms with Crippen LogP contribution in [0.5, 0.6) is 0 Å². The van der Waals surface area contributed by atoms with Crippen LogP contribution in [0.25, 0.3) is 0 Å². The van der Waals surface area contributed by atoms with Crippen LogP contribution in [0.1, 0.15) is 10.4 Å². The lowest BCUT2D eigenvalue weighted by Gasteiger charge is -2.15. The van der Waals surface area contributed by atoms with Crippen molar-refractivity contribution in [3.05, 3.63) is 52.9 Å². The molecular formula is C14H13ClFN3O. The maximum atomic E-state index is 13.7. The largest absolute Gasteiger partial charge is 0.362 e. The zero-order valence-corrected chi connectivity index (χ0v) is 11.8. The van der Waals surface area contributed by atoms with E-state index in [0.29, 0.717) is 11.4 Å². The zero-order valence-electron chi connectivity index (χ0n) is 11.0. The molecule has 0 atom stereocenters. The molecule has 0 bridgehead atoms. The molecule has 0 fully saturated rings. The lowest BCUT2D eigenvalue weighted by Crippen LogP contribution is -2.20. The first-order valence-corrected chi connectivity index (χ1v) is 6.25. The molecule has 4 nitrogen and oxygen atoms in total. The second kappa shape index (κ2) is 5.88. The molecule has 1 aromatic heterocycles. The van der Waals surface area contributed by atoms with Crippen molar-refractivity contribution < 1.29 is 9.18 Å². The van der Waals surface area contributed by atoms with Crippen molar-refractivity contribution in [1.29, 1.82) is 0 Å². The molecule has 0 unspecified atom stereocenters. The predicted octanol–water partition coefficient (Wildman–Crippen LogP) is 3.19. The minimum atomic E-state index is -0.582. The van der Waals surface area contributed by atoms with Crippen LogP contribution in [0, 0.1) is 5.82 Å². The number of pyridine rings is 1. The summed E-state index contributed by atoms with van der Waals surface area (Å²) in [6.45, 7) is 0. The number of nitrogens with zero attached hydrogens (tertiary/aromatic N) is 2. The van der Waals surface area contributed by atoms with Gasteiger partial charge >= 0.3 is 0 Å². The topological polar surface area (TPSA) is 45.2 Å². The average molecular weight is 294 g/mol. The van der Waals surface area contributed by atoms with Crippen LogP contribution >= 0.6 is 11.6 Å². The molecule has 1 aromatic carbocycles. The molecule has 1 amide bonds. The number of hydrogen-bond donors (Lipinski definition) is 1. The molecule has 1 heterocycles. The van der Waals surface area contributed by atoms with Crippen LogP contribution in [0.3, 0.4) is 0 Å². The molecule has 0 aliphatic rings. The van der Waals surface area contributed by atoms with Crippen molar-refractivity contribution in [2.75, 3.05) is 24.3 Å². The van der Waals surface area contributed by atoms with E-state index in [4.69, 9.17) is 11.6 Å². The summed E-state index contributed by atoms with van der Waals surface area (Å²) in [7, 11) is 3.56. The third kappa shape index (κ3) is 3.05. The molecule has 0 aliphatic carbocycles. The van der Waals surface area contributed by atoms with Gasteiger partial charge in [0.2, 0.25) is 0 Å². The quantitative estimate of drug-likeness (QED) is 0.945. The fraction of sp³-hybridized carbons (Fsp3) is 0.143. The van der Waals surface area contributed by atoms with E-state index in [1.165, 1.54) is 12.1 Å². The Bertz CT molecular complexity index is 646. The molecule has 0 saturated carbocycles. The third-order valence-corrected chi connectivity index (χ3v) is 2.87. The Hall–Kier alpha value is -2.14. The molecule has 104 valence electrons. The molecule has 6 heteroatoms. The van der Waals surface area contributed by atoms with Crippen molar-refractivity contribution in [3.8, 4) is 0 Å². The highest BCUT2D eigenvalue weighted by atomic mass is 35.5. The van der Waals surface area contributed by atoms with Gasteiger partial charge in [-0.05, 0) is 30.3 Å². The fourth-order valence-corrected chi connectivity index (χ4v) is 1.87. The second-order valence-corrected chi connectivity index (χ2v) is 4.78. The summed E-state index contributed by atoms with van der Waals surface area (Å²) < 4.78 is 13.7. The first kappa shape index (κ1) is 14.3. The lowest BCUT2D eigenvalue weighted by molar-refractivity contribution is 0.102. The Morgan fingerprint density at radius 3 is 2.75 bits per heavy atom. The van der Waals surface area contributed by atoms with Gasteiger partial charge in [0.15, 0.2) is 0 Å². The second-order valence-electron chi connectivity index (χ2n) is 4.35. The normalized spacial score (nSPS) is 10.2. The number of amides is 1. The van der Waals surface area contributed by atoms with Gasteiger partial charge in [0.05, 0.1) is 11.3 Å². The molecule has 20 heavy (non-hydrogen) atoms. The highest BCUT2D eigenvalue weighted by Crippen LogP contribution is 2.21. The summed E-state index contributed by atoms with van der Waals surface area (Å²) in [4.78, 5) is 18.0. The number of nitrogens with one attached hydrogen (secondary N) is 1. The Morgan fingerprint density at radius 1 is 1.35 bits per heavy atom. The number of rotatable bonds is 3. The molecule has 0 spiro atoms. The van der Waals surface area contributed by atoms with E-state index in [1.807, 2.05) is 0 Å². The predicted molar refractivity (Wildman–Crippen MR) is 77.9 cm³/mol. The van der Waals surface area contributed by atoms with Crippen LogP contribution in [0.4, 0.5) is 15.9 Å². The number of benzene rings is 1. The van der Waals surface area contributed by atoms with Crippen LogP contribution in [0.2, 0.25) is 5.02 Å². The highest BCUT2D eigenvalue weighted by Gasteiger charge is 2.15. The van der Waals surface area contributed by atoms with Gasteiger partial charge in [-0.1, -0.05) is 11.6 Å². The van der Waals surface area contributed by atoms with Gasteiger partial charge in [-0.15, -0.1) is 0 Å². The Kier molecular flexibility index (Phi) is 4.20. The number of anilines is 2. The van der Waals surface area contributed by atoms with Crippen molar-refractivity contribution in [1.82, 2.24) is 4.98 Å². The Labute approximate surface area is 121 Å². The summed E-state index contributed by atoms with van der Waals surface area (Å²) in [5, 5.41) is 2.78. The fourth-order valence-electron chi connectivity index (χ4n) is 1.71. The number of aromatic nitrogens is 1. The van der Waals surface area contributed by atoms with Crippen molar-refractivity contribution in [2.24, 2.45) is 0 Å². The molecule has 2 rings (SSSR count). The monoisotopic (exact) mass is 293 g/mol. The number of halogens is 2. The highest BCUT2D eigenvalue weighted by molar-refractivity contribution is 6.30. The Balaban J connectivity index is 2.29. The van der Waals surface area contributed by atoms with Gasteiger partial charge < -0.3 is 10.2 Å². The Morgan fingerprint density at radius 2 is 2.10 bits per heavy atom. The number of carbonyl (C=O) groups is 1. The van der Waals surface area contributed by atoms with E-state index in [0.717, 1.165) is 6.07 Å². The lowest BCUT2D eigenvalue weighted by atomic mass is 10.2. The first-order chi connectivity index (χ1) is 9.49. The van der Waals surface area contributed by atoms with Crippen LogP contribution in [-0.4, -0.2) is 25.0 Å². The maximum Gasteiger partial charge on any atom is 0.259 e. The first-order valence-electron chi connectivity index (χ1n) is 5.88. The summed E-state index contributed by atoms with van der Waals surface area (Å²) >= 11 is 5.67. The minimum absolute atomic E-state index is 0.0768. The van der Waals surface area contributed by atoms with E-state index >= 15 is 0 Å². The van der Waals surface area contributed by atoms with E-state index in [1.54, 1.807) is 37.3 Å².